The summed E-state index contributed by atoms with van der Waals surface area (Å²) in [5.41, 5.74) is 3.34. The van der Waals surface area contributed by atoms with Crippen LogP contribution in [0.5, 0.6) is 11.5 Å². The van der Waals surface area contributed by atoms with E-state index in [0.29, 0.717) is 23.5 Å². The highest BCUT2D eigenvalue weighted by atomic mass is 32.2. The van der Waals surface area contributed by atoms with Gasteiger partial charge in [0.25, 0.3) is 0 Å². The maximum absolute atomic E-state index is 12.9. The second-order valence-corrected chi connectivity index (χ2v) is 13.3. The van der Waals surface area contributed by atoms with Crippen molar-refractivity contribution < 1.29 is 23.9 Å². The molecule has 0 aliphatic rings. The number of unbranched alkanes of at least 4 members (excludes halogenated alkanes) is 8. The normalized spacial score (nSPS) is 11.7. The molecule has 0 fully saturated rings. The highest BCUT2D eigenvalue weighted by Crippen LogP contribution is 2.29. The summed E-state index contributed by atoms with van der Waals surface area (Å²) in [5.74, 6) is 1.07. The van der Waals surface area contributed by atoms with Crippen LogP contribution < -0.4 is 9.47 Å². The Bertz CT molecular complexity index is 1590. The first-order chi connectivity index (χ1) is 22.9. The van der Waals surface area contributed by atoms with Gasteiger partial charge in [-0.2, -0.15) is 0 Å². The lowest BCUT2D eigenvalue weighted by Gasteiger charge is -2.12. The molecule has 4 aromatic rings. The Kier molecular flexibility index (Phi) is 14.6. The van der Waals surface area contributed by atoms with Crippen molar-refractivity contribution >= 4 is 39.6 Å². The second kappa shape index (κ2) is 19.0. The fourth-order valence-electron chi connectivity index (χ4n) is 5.45. The van der Waals surface area contributed by atoms with Gasteiger partial charge >= 0.3 is 11.9 Å². The van der Waals surface area contributed by atoms with Crippen LogP contribution in [0.1, 0.15) is 113 Å². The third kappa shape index (κ3) is 11.4. The van der Waals surface area contributed by atoms with Crippen LogP contribution in [-0.2, 0) is 9.59 Å². The molecule has 0 radical (unpaired) electrons. The minimum absolute atomic E-state index is 0.175. The predicted octanol–water partition coefficient (Wildman–Crippen LogP) is 11.3. The molecule has 6 heteroatoms. The average Bonchev–Trinajstić information content (AvgIpc) is 3.09. The highest BCUT2D eigenvalue weighted by molar-refractivity contribution is 8.13. The molecule has 0 N–H and O–H groups in total. The van der Waals surface area contributed by atoms with E-state index < -0.39 is 5.97 Å². The van der Waals surface area contributed by atoms with Gasteiger partial charge in [-0.1, -0.05) is 132 Å². The molecule has 0 saturated heterocycles. The molecule has 0 unspecified atom stereocenters. The van der Waals surface area contributed by atoms with Gasteiger partial charge < -0.3 is 9.47 Å². The predicted molar refractivity (Wildman–Crippen MR) is 194 cm³/mol. The number of benzene rings is 4. The Labute approximate surface area is 284 Å². The minimum atomic E-state index is -0.435. The molecule has 0 saturated carbocycles. The third-order valence-corrected chi connectivity index (χ3v) is 9.55. The van der Waals surface area contributed by atoms with Gasteiger partial charge in [0.1, 0.15) is 11.5 Å². The third-order valence-electron chi connectivity index (χ3n) is 8.42. The molecule has 248 valence electrons. The smallest absolute Gasteiger partial charge is 0.343 e. The molecule has 0 aliphatic carbocycles. The number of esters is 2. The van der Waals surface area contributed by atoms with E-state index >= 15 is 0 Å². The molecular weight excluding hydrogens is 605 g/mol. The van der Waals surface area contributed by atoms with Gasteiger partial charge in [0, 0.05) is 12.2 Å². The van der Waals surface area contributed by atoms with Crippen molar-refractivity contribution in [2.45, 2.75) is 97.3 Å². The van der Waals surface area contributed by atoms with Gasteiger partial charge in [0.15, 0.2) is 5.12 Å². The van der Waals surface area contributed by atoms with Crippen LogP contribution in [0.4, 0.5) is 0 Å². The topological polar surface area (TPSA) is 69.7 Å². The Morgan fingerprint density at radius 3 is 1.89 bits per heavy atom. The fourth-order valence-corrected chi connectivity index (χ4v) is 6.39. The van der Waals surface area contributed by atoms with Crippen LogP contribution in [0.25, 0.3) is 21.9 Å². The molecule has 1 atom stereocenters. The Hall–Kier alpha value is -3.90. The van der Waals surface area contributed by atoms with E-state index in [1.807, 2.05) is 61.5 Å². The number of hydrogen-bond donors (Lipinski definition) is 0. The van der Waals surface area contributed by atoms with E-state index in [1.165, 1.54) is 56.7 Å². The maximum Gasteiger partial charge on any atom is 0.343 e. The van der Waals surface area contributed by atoms with Crippen LogP contribution in [0.2, 0.25) is 0 Å². The molecule has 0 heterocycles. The summed E-state index contributed by atoms with van der Waals surface area (Å²) in [7, 11) is 0. The Morgan fingerprint density at radius 2 is 1.19 bits per heavy atom. The Morgan fingerprint density at radius 1 is 0.617 bits per heavy atom. The standard InChI is InChI=1S/C41H48O5S/c1-4-6-8-10-11-12-14-39(42)45-37-24-21-32(22-25-37)31-15-17-33(18-16-31)40(43)46-38-26-23-35-28-34(19-20-36(35)29-38)30(3)41(44)47-27-13-9-7-5-2/h15-26,28-30H,4-14,27H2,1-3H3/t30-/m0/s1. The van der Waals surface area contributed by atoms with Crippen LogP contribution >= 0.6 is 11.8 Å². The number of fused-ring (bicyclic) bond motifs is 1. The zero-order valence-electron chi connectivity index (χ0n) is 28.1. The SMILES string of the molecule is CCCCCCCCC(=O)Oc1ccc(-c2ccc(C(=O)Oc3ccc4cc([C@H](C)C(=O)SCCCCCC)ccc4c3)cc2)cc1. The number of carbonyl (C=O) groups is 3. The average molecular weight is 653 g/mol. The number of ether oxygens (including phenoxy) is 2. The molecule has 5 nitrogen and oxygen atoms in total. The van der Waals surface area contributed by atoms with Gasteiger partial charge in [-0.25, -0.2) is 4.79 Å². The second-order valence-electron chi connectivity index (χ2n) is 12.2. The van der Waals surface area contributed by atoms with Crippen molar-refractivity contribution in [3.8, 4) is 22.6 Å². The van der Waals surface area contributed by atoms with E-state index in [0.717, 1.165) is 52.5 Å². The first-order valence-electron chi connectivity index (χ1n) is 17.2. The van der Waals surface area contributed by atoms with Crippen molar-refractivity contribution in [1.29, 1.82) is 0 Å². The molecule has 0 bridgehead atoms. The summed E-state index contributed by atoms with van der Waals surface area (Å²) in [6.07, 6.45) is 11.9. The number of rotatable bonds is 18. The van der Waals surface area contributed by atoms with Crippen LogP contribution in [-0.4, -0.2) is 22.8 Å². The molecule has 0 amide bonds. The van der Waals surface area contributed by atoms with Crippen LogP contribution in [0.15, 0.2) is 84.9 Å². The number of hydrogen-bond acceptors (Lipinski definition) is 6. The first kappa shape index (κ1) is 35.9. The number of carbonyl (C=O) groups excluding carboxylic acids is 3. The molecule has 47 heavy (non-hydrogen) atoms. The lowest BCUT2D eigenvalue weighted by Crippen LogP contribution is -2.08. The maximum atomic E-state index is 12.9. The van der Waals surface area contributed by atoms with E-state index in [1.54, 1.807) is 30.3 Å². The van der Waals surface area contributed by atoms with E-state index in [4.69, 9.17) is 9.47 Å². The van der Waals surface area contributed by atoms with Gasteiger partial charge in [-0.15, -0.1) is 0 Å². The zero-order chi connectivity index (χ0) is 33.4. The molecule has 0 spiro atoms. The molecule has 4 rings (SSSR count). The molecule has 0 aromatic heterocycles. The van der Waals surface area contributed by atoms with E-state index in [2.05, 4.69) is 13.8 Å². The first-order valence-corrected chi connectivity index (χ1v) is 18.2. The summed E-state index contributed by atoms with van der Waals surface area (Å²) in [4.78, 5) is 37.8. The van der Waals surface area contributed by atoms with Crippen molar-refractivity contribution in [3.63, 3.8) is 0 Å². The van der Waals surface area contributed by atoms with Crippen molar-refractivity contribution in [2.24, 2.45) is 0 Å². The highest BCUT2D eigenvalue weighted by Gasteiger charge is 2.17. The van der Waals surface area contributed by atoms with Crippen molar-refractivity contribution in [2.75, 3.05) is 5.75 Å². The van der Waals surface area contributed by atoms with Crippen molar-refractivity contribution in [3.05, 3.63) is 96.1 Å². The molecule has 0 aliphatic heterocycles. The van der Waals surface area contributed by atoms with E-state index in [9.17, 15) is 14.4 Å². The number of thioether (sulfide) groups is 1. The zero-order valence-corrected chi connectivity index (χ0v) is 28.9. The van der Waals surface area contributed by atoms with Gasteiger partial charge in [0.05, 0.1) is 11.5 Å². The summed E-state index contributed by atoms with van der Waals surface area (Å²) in [5, 5.41) is 2.14. The summed E-state index contributed by atoms with van der Waals surface area (Å²) >= 11 is 1.44. The minimum Gasteiger partial charge on any atom is -0.427 e. The lowest BCUT2D eigenvalue weighted by atomic mass is 9.98. The summed E-state index contributed by atoms with van der Waals surface area (Å²) < 4.78 is 11.2. The van der Waals surface area contributed by atoms with Gasteiger partial charge in [-0.3, -0.25) is 9.59 Å². The largest absolute Gasteiger partial charge is 0.427 e. The summed E-state index contributed by atoms with van der Waals surface area (Å²) in [6, 6.07) is 26.2. The lowest BCUT2D eigenvalue weighted by molar-refractivity contribution is -0.134. The molecule has 4 aromatic carbocycles. The molecular formula is C41H48O5S. The Balaban J connectivity index is 1.28. The van der Waals surface area contributed by atoms with Gasteiger partial charge in [-0.05, 0) is 76.7 Å². The van der Waals surface area contributed by atoms with Gasteiger partial charge in [0.2, 0.25) is 0 Å². The van der Waals surface area contributed by atoms with Crippen LogP contribution in [0.3, 0.4) is 0 Å². The fraction of sp³-hybridized carbons (Fsp3) is 0.390. The summed E-state index contributed by atoms with van der Waals surface area (Å²) in [6.45, 7) is 6.35. The van der Waals surface area contributed by atoms with Crippen LogP contribution in [0, 0.1) is 0 Å². The quantitative estimate of drug-likeness (QED) is 0.0605. The van der Waals surface area contributed by atoms with Crippen molar-refractivity contribution in [1.82, 2.24) is 0 Å². The van der Waals surface area contributed by atoms with E-state index in [-0.39, 0.29) is 17.0 Å². The monoisotopic (exact) mass is 652 g/mol.